The van der Waals surface area contributed by atoms with Crippen molar-refractivity contribution in [2.45, 2.75) is 40.3 Å². The summed E-state index contributed by atoms with van der Waals surface area (Å²) in [5.41, 5.74) is 2.62. The third-order valence-electron chi connectivity index (χ3n) is 5.40. The second-order valence-electron chi connectivity index (χ2n) is 8.45. The minimum Gasteiger partial charge on any atom is -0.270 e. The van der Waals surface area contributed by atoms with Crippen molar-refractivity contribution in [1.29, 1.82) is 0 Å². The van der Waals surface area contributed by atoms with Crippen molar-refractivity contribution < 1.29 is 14.2 Å². The highest BCUT2D eigenvalue weighted by molar-refractivity contribution is 6.30. The number of amides is 3. The van der Waals surface area contributed by atoms with Gasteiger partial charge in [0.15, 0.2) is 0 Å². The Morgan fingerprint density at radius 2 is 1.84 bits per heavy atom. The molecule has 0 radical (unpaired) electrons. The fraction of sp³-hybridized carbons (Fsp3) is 0.409. The lowest BCUT2D eigenvalue weighted by Crippen LogP contribution is -2.62. The van der Waals surface area contributed by atoms with Crippen LogP contribution in [0, 0.1) is 19.8 Å². The Kier molecular flexibility index (Phi) is 5.43. The van der Waals surface area contributed by atoms with Gasteiger partial charge in [-0.3, -0.25) is 14.6 Å². The molecule has 1 unspecified atom stereocenters. The van der Waals surface area contributed by atoms with E-state index in [2.05, 4.69) is 18.9 Å². The highest BCUT2D eigenvalue weighted by atomic mass is 35.5. The molecule has 9 heteroatoms. The fourth-order valence-electron chi connectivity index (χ4n) is 4.00. The zero-order chi connectivity index (χ0) is 22.4. The first-order chi connectivity index (χ1) is 14.7. The number of halogens is 1. The van der Waals surface area contributed by atoms with E-state index in [1.165, 1.54) is 9.80 Å². The van der Waals surface area contributed by atoms with E-state index < -0.39 is 12.1 Å². The van der Waals surface area contributed by atoms with Gasteiger partial charge in [0.05, 0.1) is 18.8 Å². The number of carbonyl (C=O) groups is 2. The molecule has 1 aromatic carbocycles. The van der Waals surface area contributed by atoms with Gasteiger partial charge < -0.3 is 0 Å². The van der Waals surface area contributed by atoms with E-state index in [4.69, 9.17) is 16.6 Å². The number of amidine groups is 1. The molecule has 1 atom stereocenters. The largest absolute Gasteiger partial charge is 0.421 e. The summed E-state index contributed by atoms with van der Waals surface area (Å²) >= 11 is 5.98. The summed E-state index contributed by atoms with van der Waals surface area (Å²) in [6, 6.07) is 8.04. The molecule has 0 aliphatic carbocycles. The van der Waals surface area contributed by atoms with E-state index in [1.54, 1.807) is 23.9 Å². The number of nitrogens with zero attached hydrogens (tertiary/aromatic N) is 6. The van der Waals surface area contributed by atoms with Crippen LogP contribution in [0.15, 0.2) is 35.3 Å². The van der Waals surface area contributed by atoms with E-state index >= 15 is 0 Å². The maximum Gasteiger partial charge on any atom is 0.421 e. The number of imide groups is 1. The van der Waals surface area contributed by atoms with Crippen molar-refractivity contribution in [3.8, 4) is 0 Å². The van der Waals surface area contributed by atoms with E-state index in [1.807, 2.05) is 36.6 Å². The molecule has 4 rings (SSSR count). The third kappa shape index (κ3) is 3.76. The average Bonchev–Trinajstić information content (AvgIpc) is 3.24. The zero-order valence-corrected chi connectivity index (χ0v) is 19.1. The number of rotatable bonds is 4. The van der Waals surface area contributed by atoms with Crippen molar-refractivity contribution in [2.24, 2.45) is 10.9 Å². The topological polar surface area (TPSA) is 73.8 Å². The van der Waals surface area contributed by atoms with Crippen LogP contribution in [0.4, 0.5) is 4.79 Å². The number of aromatic nitrogens is 2. The van der Waals surface area contributed by atoms with Gasteiger partial charge in [0, 0.05) is 12.1 Å². The molecular weight excluding hydrogens is 416 g/mol. The molecule has 0 N–H and O–H groups in total. The normalized spacial score (nSPS) is 18.9. The zero-order valence-electron chi connectivity index (χ0n) is 18.3. The summed E-state index contributed by atoms with van der Waals surface area (Å²) in [5.74, 6) is 1.00. The SMILES string of the molecule is Cc1cc(C)n(C2=[N+](CC(C)C)C3C(=O)N(Cc4ccc(Cl)cc4)C(=O)N(C)C3=N2)n1. The molecule has 3 amide bonds. The molecule has 8 nitrogen and oxygen atoms in total. The Bertz CT molecular complexity index is 1120. The lowest BCUT2D eigenvalue weighted by Gasteiger charge is -2.34. The number of benzene rings is 1. The van der Waals surface area contributed by atoms with Gasteiger partial charge in [-0.15, -0.1) is 9.78 Å². The van der Waals surface area contributed by atoms with E-state index in [0.29, 0.717) is 23.4 Å². The predicted molar refractivity (Wildman–Crippen MR) is 118 cm³/mol. The van der Waals surface area contributed by atoms with Gasteiger partial charge in [0.1, 0.15) is 5.69 Å². The number of fused-ring (bicyclic) bond motifs is 1. The second kappa shape index (κ2) is 7.92. The summed E-state index contributed by atoms with van der Waals surface area (Å²) in [5, 5.41) is 5.17. The van der Waals surface area contributed by atoms with Crippen molar-refractivity contribution in [2.75, 3.05) is 13.6 Å². The highest BCUT2D eigenvalue weighted by Gasteiger charge is 2.53. The third-order valence-corrected chi connectivity index (χ3v) is 5.66. The summed E-state index contributed by atoms with van der Waals surface area (Å²) in [4.78, 5) is 34.1. The van der Waals surface area contributed by atoms with Gasteiger partial charge in [0.2, 0.25) is 11.9 Å². The number of hydrogen-bond donors (Lipinski definition) is 0. The van der Waals surface area contributed by atoms with Gasteiger partial charge in [-0.1, -0.05) is 42.6 Å². The molecule has 0 bridgehead atoms. The minimum absolute atomic E-state index is 0.174. The summed E-state index contributed by atoms with van der Waals surface area (Å²) in [6.07, 6.45) is 0. The predicted octanol–water partition coefficient (Wildman–Crippen LogP) is 2.90. The number of aliphatic imine (C=N–C) groups is 1. The number of likely N-dealkylation sites (N-methyl/N-ethyl adjacent to an activating group) is 1. The number of carbonyl (C=O) groups excluding carboxylic acids is 2. The van der Waals surface area contributed by atoms with Gasteiger partial charge >= 0.3 is 12.0 Å². The summed E-state index contributed by atoms with van der Waals surface area (Å²) in [6.45, 7) is 8.82. The van der Waals surface area contributed by atoms with Crippen LogP contribution >= 0.6 is 11.6 Å². The lowest BCUT2D eigenvalue weighted by atomic mass is 10.1. The summed E-state index contributed by atoms with van der Waals surface area (Å²) in [7, 11) is 1.66. The molecule has 2 aliphatic heterocycles. The Balaban J connectivity index is 1.77. The first-order valence-corrected chi connectivity index (χ1v) is 10.6. The van der Waals surface area contributed by atoms with Crippen LogP contribution in [0.1, 0.15) is 30.8 Å². The van der Waals surface area contributed by atoms with Crippen LogP contribution in [-0.4, -0.2) is 67.5 Å². The van der Waals surface area contributed by atoms with Crippen molar-refractivity contribution in [3.05, 3.63) is 52.3 Å². The van der Waals surface area contributed by atoms with Crippen LogP contribution < -0.4 is 0 Å². The van der Waals surface area contributed by atoms with Crippen LogP contribution in [0.25, 0.3) is 0 Å². The number of aryl methyl sites for hydroxylation is 2. The Labute approximate surface area is 186 Å². The monoisotopic (exact) mass is 441 g/mol. The van der Waals surface area contributed by atoms with Crippen LogP contribution in [0.3, 0.4) is 0 Å². The van der Waals surface area contributed by atoms with Crippen molar-refractivity contribution in [1.82, 2.24) is 19.6 Å². The fourth-order valence-corrected chi connectivity index (χ4v) is 4.13. The molecule has 1 fully saturated rings. The maximum absolute atomic E-state index is 13.6. The smallest absolute Gasteiger partial charge is 0.270 e. The quantitative estimate of drug-likeness (QED) is 0.685. The average molecular weight is 442 g/mol. The molecule has 2 aromatic rings. The van der Waals surface area contributed by atoms with Crippen molar-refractivity contribution in [3.63, 3.8) is 0 Å². The Morgan fingerprint density at radius 3 is 2.42 bits per heavy atom. The first-order valence-electron chi connectivity index (χ1n) is 10.3. The Morgan fingerprint density at radius 1 is 1.16 bits per heavy atom. The van der Waals surface area contributed by atoms with Gasteiger partial charge in [-0.2, -0.15) is 0 Å². The second-order valence-corrected chi connectivity index (χ2v) is 8.89. The number of urea groups is 1. The van der Waals surface area contributed by atoms with Gasteiger partial charge in [0.25, 0.3) is 5.91 Å². The highest BCUT2D eigenvalue weighted by Crippen LogP contribution is 2.24. The first kappa shape index (κ1) is 21.2. The van der Waals surface area contributed by atoms with E-state index in [0.717, 1.165) is 17.0 Å². The number of hydrogen-bond acceptors (Lipinski definition) is 4. The molecule has 3 heterocycles. The van der Waals surface area contributed by atoms with Crippen LogP contribution in [0.2, 0.25) is 5.02 Å². The molecule has 0 saturated carbocycles. The van der Waals surface area contributed by atoms with E-state index in [-0.39, 0.29) is 18.4 Å². The maximum atomic E-state index is 13.6. The van der Waals surface area contributed by atoms with Gasteiger partial charge in [-0.25, -0.2) is 9.37 Å². The molecule has 1 saturated heterocycles. The molecular formula is C22H26ClN6O2+. The van der Waals surface area contributed by atoms with E-state index in [9.17, 15) is 9.59 Å². The molecule has 2 aliphatic rings. The molecule has 31 heavy (non-hydrogen) atoms. The molecule has 162 valence electrons. The van der Waals surface area contributed by atoms with Crippen LogP contribution in [0.5, 0.6) is 0 Å². The van der Waals surface area contributed by atoms with Gasteiger partial charge in [-0.05, 0) is 43.5 Å². The molecule has 1 aromatic heterocycles. The molecule has 0 spiro atoms. The van der Waals surface area contributed by atoms with Crippen molar-refractivity contribution >= 4 is 35.3 Å². The van der Waals surface area contributed by atoms with Crippen LogP contribution in [-0.2, 0) is 11.3 Å². The lowest BCUT2D eigenvalue weighted by molar-refractivity contribution is -0.543. The minimum atomic E-state index is -0.670. The standard InChI is InChI=1S/C22H26ClN6O2/c1-13(2)11-27-18-19(24-21(27)29-15(4)10-14(3)25-29)26(5)22(31)28(20(18)30)12-16-6-8-17(23)9-7-16/h6-10,13,18H,11-12H2,1-5H3/q+1. The summed E-state index contributed by atoms with van der Waals surface area (Å²) < 4.78 is 3.71. The Hall–Kier alpha value is -3.00.